The van der Waals surface area contributed by atoms with E-state index in [4.69, 9.17) is 11.6 Å². The second kappa shape index (κ2) is 12.2. The number of H-pyrrole nitrogens is 1. The molecule has 1 unspecified atom stereocenters. The van der Waals surface area contributed by atoms with Crippen molar-refractivity contribution in [3.05, 3.63) is 92.0 Å². The number of benzene rings is 2. The summed E-state index contributed by atoms with van der Waals surface area (Å²) in [5.41, 5.74) is 6.87. The van der Waals surface area contributed by atoms with Crippen molar-refractivity contribution in [2.75, 3.05) is 14.1 Å². The Labute approximate surface area is 236 Å². The van der Waals surface area contributed by atoms with Gasteiger partial charge >= 0.3 is 0 Å². The van der Waals surface area contributed by atoms with Crippen LogP contribution in [0.1, 0.15) is 72.4 Å². The first-order valence-corrected chi connectivity index (χ1v) is 14.1. The van der Waals surface area contributed by atoms with Crippen molar-refractivity contribution in [2.45, 2.75) is 66.1 Å². The van der Waals surface area contributed by atoms with Gasteiger partial charge in [-0.3, -0.25) is 9.59 Å². The van der Waals surface area contributed by atoms with Gasteiger partial charge in [-0.1, -0.05) is 56.1 Å². The van der Waals surface area contributed by atoms with Gasteiger partial charge in [-0.25, -0.2) is 0 Å². The lowest BCUT2D eigenvalue weighted by Gasteiger charge is -2.16. The number of halogens is 1. The summed E-state index contributed by atoms with van der Waals surface area (Å²) in [7, 11) is 4.10. The number of carbonyl (C=O) groups is 1. The smallest absolute Gasteiger partial charge is 0.253 e. The molecule has 0 fully saturated rings. The Balaban J connectivity index is 1.77. The quantitative estimate of drug-likeness (QED) is 0.228. The van der Waals surface area contributed by atoms with E-state index in [0.717, 1.165) is 59.1 Å². The number of aromatic nitrogens is 2. The third kappa shape index (κ3) is 6.29. The van der Waals surface area contributed by atoms with E-state index in [1.807, 2.05) is 25.3 Å². The number of fused-ring (bicyclic) bond motifs is 1. The lowest BCUT2D eigenvalue weighted by Crippen LogP contribution is -2.28. The van der Waals surface area contributed by atoms with E-state index in [1.165, 1.54) is 5.56 Å². The van der Waals surface area contributed by atoms with Gasteiger partial charge in [0.05, 0.1) is 16.1 Å². The molecule has 2 heterocycles. The lowest BCUT2D eigenvalue weighted by molar-refractivity contribution is 0.0952. The molecule has 0 spiro atoms. The average Bonchev–Trinajstić information content (AvgIpc) is 3.23. The summed E-state index contributed by atoms with van der Waals surface area (Å²) >= 11 is 6.76. The second-order valence-corrected chi connectivity index (χ2v) is 11.1. The largest absolute Gasteiger partial charge is 0.348 e. The van der Waals surface area contributed by atoms with Crippen molar-refractivity contribution in [1.82, 2.24) is 19.8 Å². The molecule has 0 bridgehead atoms. The molecule has 4 rings (SSSR count). The van der Waals surface area contributed by atoms with Gasteiger partial charge in [0.1, 0.15) is 0 Å². The minimum Gasteiger partial charge on any atom is -0.348 e. The van der Waals surface area contributed by atoms with Crippen LogP contribution < -0.4 is 10.9 Å². The number of nitrogens with zero attached hydrogens (tertiary/aromatic N) is 2. The first-order valence-electron chi connectivity index (χ1n) is 13.7. The van der Waals surface area contributed by atoms with E-state index in [0.29, 0.717) is 16.1 Å². The number of aromatic amines is 1. The molecule has 0 radical (unpaired) electrons. The van der Waals surface area contributed by atoms with E-state index in [2.05, 4.69) is 85.0 Å². The number of aryl methyl sites for hydroxylation is 2. The van der Waals surface area contributed by atoms with Crippen molar-refractivity contribution >= 4 is 28.4 Å². The van der Waals surface area contributed by atoms with Crippen LogP contribution in [-0.2, 0) is 19.5 Å². The van der Waals surface area contributed by atoms with Crippen LogP contribution >= 0.6 is 11.6 Å². The van der Waals surface area contributed by atoms with Crippen molar-refractivity contribution in [1.29, 1.82) is 0 Å². The molecule has 0 aliphatic carbocycles. The van der Waals surface area contributed by atoms with Crippen LogP contribution in [0.2, 0.25) is 5.02 Å². The number of pyridine rings is 1. The Kier molecular flexibility index (Phi) is 8.98. The van der Waals surface area contributed by atoms with Gasteiger partial charge in [0, 0.05) is 42.0 Å². The zero-order chi connectivity index (χ0) is 28.3. The maximum Gasteiger partial charge on any atom is 0.253 e. The van der Waals surface area contributed by atoms with Gasteiger partial charge in [-0.05, 0) is 81.2 Å². The monoisotopic (exact) mass is 546 g/mol. The zero-order valence-corrected chi connectivity index (χ0v) is 24.6. The van der Waals surface area contributed by atoms with Gasteiger partial charge in [-0.2, -0.15) is 0 Å². The molecule has 206 valence electrons. The van der Waals surface area contributed by atoms with E-state index >= 15 is 0 Å². The Hall–Kier alpha value is -3.35. The summed E-state index contributed by atoms with van der Waals surface area (Å²) in [4.78, 5) is 31.5. The molecule has 0 saturated carbocycles. The van der Waals surface area contributed by atoms with E-state index < -0.39 is 0 Å². The fourth-order valence-electron chi connectivity index (χ4n) is 5.15. The van der Waals surface area contributed by atoms with Gasteiger partial charge < -0.3 is 19.8 Å². The second-order valence-electron chi connectivity index (χ2n) is 10.7. The van der Waals surface area contributed by atoms with Gasteiger partial charge in [-0.15, -0.1) is 0 Å². The van der Waals surface area contributed by atoms with Crippen LogP contribution in [0.5, 0.6) is 0 Å². The van der Waals surface area contributed by atoms with Gasteiger partial charge in [0.25, 0.3) is 11.5 Å². The van der Waals surface area contributed by atoms with Crippen molar-refractivity contribution in [3.63, 3.8) is 0 Å². The SMILES string of the molecule is CCCc1cc(C)[nH]c(=O)c1CNC(=O)c1cc(-c2ccc(CN(C)C)cc2)cc2c1c(Cl)cn2C(C)CC. The predicted octanol–water partition coefficient (Wildman–Crippen LogP) is 6.87. The van der Waals surface area contributed by atoms with E-state index in [1.54, 1.807) is 0 Å². The fourth-order valence-corrected chi connectivity index (χ4v) is 5.45. The normalized spacial score (nSPS) is 12.3. The minimum atomic E-state index is -0.252. The van der Waals surface area contributed by atoms with Crippen LogP contribution in [0, 0.1) is 6.92 Å². The van der Waals surface area contributed by atoms with Crippen LogP contribution in [0.4, 0.5) is 0 Å². The zero-order valence-electron chi connectivity index (χ0n) is 23.8. The fraction of sp³-hybridized carbons (Fsp3) is 0.375. The molecule has 0 aliphatic heterocycles. The highest BCUT2D eigenvalue weighted by molar-refractivity contribution is 6.37. The minimum absolute atomic E-state index is 0.151. The Bertz CT molecular complexity index is 1530. The molecule has 6 nitrogen and oxygen atoms in total. The van der Waals surface area contributed by atoms with Crippen LogP contribution in [0.25, 0.3) is 22.0 Å². The molecule has 2 N–H and O–H groups in total. The molecular weight excluding hydrogens is 508 g/mol. The van der Waals surface area contributed by atoms with Crippen molar-refractivity contribution in [3.8, 4) is 11.1 Å². The Morgan fingerprint density at radius 2 is 1.82 bits per heavy atom. The average molecular weight is 547 g/mol. The maximum absolute atomic E-state index is 13.7. The summed E-state index contributed by atoms with van der Waals surface area (Å²) in [5.74, 6) is -0.252. The lowest BCUT2D eigenvalue weighted by atomic mass is 9.98. The number of hydrogen-bond donors (Lipinski definition) is 2. The Morgan fingerprint density at radius 3 is 2.46 bits per heavy atom. The van der Waals surface area contributed by atoms with Crippen molar-refractivity contribution in [2.24, 2.45) is 0 Å². The standard InChI is InChI=1S/C32H39ClN4O2/c1-7-9-24-14-20(3)35-32(39)27(24)17-34-31(38)26-15-25(23-12-10-22(11-13-23)18-36(5)6)16-29-30(26)28(33)19-37(29)21(4)8-2/h10-16,19,21H,7-9,17-18H2,1-6H3,(H,34,38)(H,35,39). The summed E-state index contributed by atoms with van der Waals surface area (Å²) in [6.45, 7) is 9.26. The third-order valence-electron chi connectivity index (χ3n) is 7.29. The molecule has 2 aromatic heterocycles. The van der Waals surface area contributed by atoms with Gasteiger partial charge in [0.15, 0.2) is 0 Å². The van der Waals surface area contributed by atoms with E-state index in [9.17, 15) is 9.59 Å². The summed E-state index contributed by atoms with van der Waals surface area (Å²) in [5, 5.41) is 4.30. The van der Waals surface area contributed by atoms with E-state index in [-0.39, 0.29) is 24.1 Å². The summed E-state index contributed by atoms with van der Waals surface area (Å²) < 4.78 is 2.16. The van der Waals surface area contributed by atoms with Crippen LogP contribution in [-0.4, -0.2) is 34.5 Å². The maximum atomic E-state index is 13.7. The number of hydrogen-bond acceptors (Lipinski definition) is 3. The first-order chi connectivity index (χ1) is 18.6. The predicted molar refractivity (Wildman–Crippen MR) is 162 cm³/mol. The number of rotatable bonds is 10. The third-order valence-corrected chi connectivity index (χ3v) is 7.58. The molecule has 39 heavy (non-hydrogen) atoms. The van der Waals surface area contributed by atoms with Crippen LogP contribution in [0.15, 0.2) is 53.5 Å². The van der Waals surface area contributed by atoms with Crippen LogP contribution in [0.3, 0.4) is 0 Å². The highest BCUT2D eigenvalue weighted by atomic mass is 35.5. The topological polar surface area (TPSA) is 70.1 Å². The van der Waals surface area contributed by atoms with Gasteiger partial charge in [0.2, 0.25) is 0 Å². The molecule has 0 saturated heterocycles. The molecule has 2 aromatic carbocycles. The molecule has 7 heteroatoms. The number of nitrogens with one attached hydrogen (secondary N) is 2. The molecule has 1 atom stereocenters. The summed E-state index contributed by atoms with van der Waals surface area (Å²) in [6, 6.07) is 14.7. The van der Waals surface area contributed by atoms with Crippen molar-refractivity contribution < 1.29 is 4.79 Å². The first kappa shape index (κ1) is 28.7. The molecule has 1 amide bonds. The molecule has 4 aromatic rings. The number of carbonyl (C=O) groups excluding carboxylic acids is 1. The molecular formula is C32H39ClN4O2. The summed E-state index contributed by atoms with van der Waals surface area (Å²) in [6.07, 6.45) is 4.55. The number of amides is 1. The molecule has 0 aliphatic rings. The Morgan fingerprint density at radius 1 is 1.10 bits per heavy atom. The highest BCUT2D eigenvalue weighted by Gasteiger charge is 2.21. The highest BCUT2D eigenvalue weighted by Crippen LogP contribution is 2.36.